The summed E-state index contributed by atoms with van der Waals surface area (Å²) >= 11 is 0. The van der Waals surface area contributed by atoms with Crippen LogP contribution in [0.15, 0.2) is 30.7 Å². The minimum atomic E-state index is 0.369. The van der Waals surface area contributed by atoms with Crippen LogP contribution in [0.25, 0.3) is 17.0 Å². The quantitative estimate of drug-likeness (QED) is 0.609. The van der Waals surface area contributed by atoms with E-state index in [1.54, 1.807) is 0 Å². The average molecular weight is 436 g/mol. The van der Waals surface area contributed by atoms with Gasteiger partial charge in [-0.05, 0) is 56.6 Å². The molecular formula is C24H33N7O. The molecule has 32 heavy (non-hydrogen) atoms. The Kier molecular flexibility index (Phi) is 6.32. The molecule has 1 aliphatic heterocycles. The first-order valence-electron chi connectivity index (χ1n) is 11.9. The molecule has 8 heteroatoms. The van der Waals surface area contributed by atoms with E-state index in [2.05, 4.69) is 34.6 Å². The van der Waals surface area contributed by atoms with Crippen LogP contribution in [0.1, 0.15) is 63.9 Å². The van der Waals surface area contributed by atoms with E-state index in [1.165, 1.54) is 12.8 Å². The minimum absolute atomic E-state index is 0.369. The molecule has 3 aromatic heterocycles. The Morgan fingerprint density at radius 1 is 0.938 bits per heavy atom. The fourth-order valence-electron chi connectivity index (χ4n) is 4.79. The Morgan fingerprint density at radius 3 is 2.44 bits per heavy atom. The van der Waals surface area contributed by atoms with E-state index < -0.39 is 0 Å². The van der Waals surface area contributed by atoms with Crippen molar-refractivity contribution in [1.29, 1.82) is 0 Å². The van der Waals surface area contributed by atoms with Gasteiger partial charge in [0.15, 0.2) is 5.65 Å². The molecule has 0 spiro atoms. The van der Waals surface area contributed by atoms with Crippen LogP contribution in [0.4, 0.5) is 5.95 Å². The van der Waals surface area contributed by atoms with Crippen molar-refractivity contribution in [3.05, 3.63) is 36.3 Å². The zero-order valence-electron chi connectivity index (χ0n) is 19.0. The summed E-state index contributed by atoms with van der Waals surface area (Å²) in [6.07, 6.45) is 12.6. The Labute approximate surface area is 189 Å². The molecule has 0 aromatic carbocycles. The van der Waals surface area contributed by atoms with Crippen LogP contribution in [-0.4, -0.2) is 55.9 Å². The summed E-state index contributed by atoms with van der Waals surface area (Å²) in [4.78, 5) is 14.1. The van der Waals surface area contributed by atoms with Gasteiger partial charge in [-0.3, -0.25) is 0 Å². The molecule has 170 valence electrons. The maximum Gasteiger partial charge on any atom is 0.223 e. The van der Waals surface area contributed by atoms with E-state index in [9.17, 15) is 0 Å². The van der Waals surface area contributed by atoms with Crippen molar-refractivity contribution in [2.75, 3.05) is 18.5 Å². The number of hydrogen-bond donors (Lipinski definition) is 2. The number of ether oxygens (including phenoxy) is 1. The topological polar surface area (TPSA) is 89.3 Å². The Bertz CT molecular complexity index is 1040. The lowest BCUT2D eigenvalue weighted by Gasteiger charge is -2.33. The molecule has 8 nitrogen and oxygen atoms in total. The van der Waals surface area contributed by atoms with Gasteiger partial charge in [0, 0.05) is 49.3 Å². The SMILES string of the molecule is CC(C)c1cnn2ccc(-c3ccnc(NC4CCC(NC5CCOCC5)CC4)n3)nc12. The number of aromatic nitrogens is 5. The normalized spacial score (nSPS) is 22.5. The highest BCUT2D eigenvalue weighted by Crippen LogP contribution is 2.25. The van der Waals surface area contributed by atoms with E-state index >= 15 is 0 Å². The van der Waals surface area contributed by atoms with Crippen LogP contribution in [-0.2, 0) is 4.74 Å². The van der Waals surface area contributed by atoms with Gasteiger partial charge in [-0.25, -0.2) is 19.5 Å². The molecule has 1 saturated carbocycles. The molecule has 2 fully saturated rings. The van der Waals surface area contributed by atoms with E-state index in [0.29, 0.717) is 30.0 Å². The molecule has 5 rings (SSSR count). The third-order valence-corrected chi connectivity index (χ3v) is 6.69. The second-order valence-corrected chi connectivity index (χ2v) is 9.35. The summed E-state index contributed by atoms with van der Waals surface area (Å²) in [5, 5.41) is 11.8. The van der Waals surface area contributed by atoms with Gasteiger partial charge in [-0.2, -0.15) is 5.10 Å². The molecule has 0 amide bonds. The Balaban J connectivity index is 1.22. The van der Waals surface area contributed by atoms with Gasteiger partial charge >= 0.3 is 0 Å². The summed E-state index contributed by atoms with van der Waals surface area (Å²) < 4.78 is 7.30. The molecule has 1 saturated heterocycles. The molecule has 0 radical (unpaired) electrons. The maximum atomic E-state index is 5.47. The average Bonchev–Trinajstić information content (AvgIpc) is 3.25. The van der Waals surface area contributed by atoms with Gasteiger partial charge in [0.1, 0.15) is 0 Å². The number of fused-ring (bicyclic) bond motifs is 1. The van der Waals surface area contributed by atoms with E-state index in [1.807, 2.05) is 35.2 Å². The predicted molar refractivity (Wildman–Crippen MR) is 125 cm³/mol. The molecule has 0 bridgehead atoms. The fourth-order valence-corrected chi connectivity index (χ4v) is 4.79. The van der Waals surface area contributed by atoms with Crippen molar-refractivity contribution in [2.24, 2.45) is 0 Å². The van der Waals surface area contributed by atoms with Gasteiger partial charge in [-0.15, -0.1) is 0 Å². The van der Waals surface area contributed by atoms with Gasteiger partial charge in [0.05, 0.1) is 17.6 Å². The Hall–Kier alpha value is -2.58. The standard InChI is InChI=1S/C24H33N7O/c1-16(2)20-15-26-31-12-8-22(29-23(20)31)21-7-11-25-24(30-21)28-18-5-3-17(4-6-18)27-19-9-13-32-14-10-19/h7-8,11-12,15-19,27H,3-6,9-10,13-14H2,1-2H3,(H,25,28,30). The predicted octanol–water partition coefficient (Wildman–Crippen LogP) is 3.80. The second-order valence-electron chi connectivity index (χ2n) is 9.35. The molecule has 2 aliphatic rings. The zero-order chi connectivity index (χ0) is 21.9. The highest BCUT2D eigenvalue weighted by molar-refractivity contribution is 5.60. The van der Waals surface area contributed by atoms with Crippen LogP contribution >= 0.6 is 0 Å². The van der Waals surface area contributed by atoms with Crippen molar-refractivity contribution in [1.82, 2.24) is 29.9 Å². The number of nitrogens with one attached hydrogen (secondary N) is 2. The van der Waals surface area contributed by atoms with Gasteiger partial charge in [-0.1, -0.05) is 13.8 Å². The van der Waals surface area contributed by atoms with Crippen molar-refractivity contribution >= 4 is 11.6 Å². The smallest absolute Gasteiger partial charge is 0.223 e. The van der Waals surface area contributed by atoms with Crippen LogP contribution in [0.2, 0.25) is 0 Å². The van der Waals surface area contributed by atoms with Gasteiger partial charge in [0.2, 0.25) is 5.95 Å². The van der Waals surface area contributed by atoms with E-state index in [-0.39, 0.29) is 0 Å². The molecule has 2 N–H and O–H groups in total. The molecule has 0 unspecified atom stereocenters. The van der Waals surface area contributed by atoms with E-state index in [0.717, 1.165) is 61.5 Å². The summed E-state index contributed by atoms with van der Waals surface area (Å²) in [6.45, 7) is 6.10. The monoisotopic (exact) mass is 435 g/mol. The third kappa shape index (κ3) is 4.76. The molecule has 0 atom stereocenters. The van der Waals surface area contributed by atoms with Crippen LogP contribution in [0.3, 0.4) is 0 Å². The first kappa shape index (κ1) is 21.3. The lowest BCUT2D eigenvalue weighted by Crippen LogP contribution is -2.44. The van der Waals surface area contributed by atoms with Crippen LogP contribution < -0.4 is 10.6 Å². The van der Waals surface area contributed by atoms with Crippen molar-refractivity contribution in [2.45, 2.75) is 76.4 Å². The van der Waals surface area contributed by atoms with Crippen molar-refractivity contribution < 1.29 is 4.74 Å². The zero-order valence-corrected chi connectivity index (χ0v) is 19.0. The highest BCUT2D eigenvalue weighted by Gasteiger charge is 2.24. The van der Waals surface area contributed by atoms with E-state index in [4.69, 9.17) is 14.7 Å². The van der Waals surface area contributed by atoms with Crippen LogP contribution in [0, 0.1) is 0 Å². The second kappa shape index (κ2) is 9.50. The summed E-state index contributed by atoms with van der Waals surface area (Å²) in [7, 11) is 0. The summed E-state index contributed by atoms with van der Waals surface area (Å²) in [5.74, 6) is 1.05. The maximum absolute atomic E-state index is 5.47. The van der Waals surface area contributed by atoms with Crippen LogP contribution in [0.5, 0.6) is 0 Å². The number of hydrogen-bond acceptors (Lipinski definition) is 7. The molecule has 1 aliphatic carbocycles. The molecule has 4 heterocycles. The first-order valence-corrected chi connectivity index (χ1v) is 11.9. The number of rotatable bonds is 6. The minimum Gasteiger partial charge on any atom is -0.381 e. The molecular weight excluding hydrogens is 402 g/mol. The Morgan fingerprint density at radius 2 is 1.66 bits per heavy atom. The summed E-state index contributed by atoms with van der Waals surface area (Å²) in [5.41, 5.74) is 3.71. The number of anilines is 1. The lowest BCUT2D eigenvalue weighted by molar-refractivity contribution is 0.0730. The van der Waals surface area contributed by atoms with Gasteiger partial charge in [0.25, 0.3) is 0 Å². The third-order valence-electron chi connectivity index (χ3n) is 6.69. The van der Waals surface area contributed by atoms with Gasteiger partial charge < -0.3 is 15.4 Å². The van der Waals surface area contributed by atoms with Crippen molar-refractivity contribution in [3.8, 4) is 11.4 Å². The summed E-state index contributed by atoms with van der Waals surface area (Å²) in [6, 6.07) is 5.53. The first-order chi connectivity index (χ1) is 15.7. The molecule has 3 aromatic rings. The highest BCUT2D eigenvalue weighted by atomic mass is 16.5. The lowest BCUT2D eigenvalue weighted by atomic mass is 9.90. The largest absolute Gasteiger partial charge is 0.381 e. The van der Waals surface area contributed by atoms with Crippen molar-refractivity contribution in [3.63, 3.8) is 0 Å². The fraction of sp³-hybridized carbons (Fsp3) is 0.583. The number of nitrogens with zero attached hydrogens (tertiary/aromatic N) is 5.